The molecule has 0 fully saturated rings. The van der Waals surface area contributed by atoms with Crippen LogP contribution in [0.25, 0.3) is 17.2 Å². The Bertz CT molecular complexity index is 960. The second-order valence-corrected chi connectivity index (χ2v) is 5.65. The van der Waals surface area contributed by atoms with Gasteiger partial charge < -0.3 is 14.6 Å². The molecule has 3 aromatic heterocycles. The third kappa shape index (κ3) is 2.90. The molecule has 0 aliphatic rings. The second-order valence-electron chi connectivity index (χ2n) is 5.65. The summed E-state index contributed by atoms with van der Waals surface area (Å²) < 4.78 is 3.46. The summed E-state index contributed by atoms with van der Waals surface area (Å²) in [4.78, 5) is 9.03. The van der Waals surface area contributed by atoms with E-state index in [9.17, 15) is 10.2 Å². The summed E-state index contributed by atoms with van der Waals surface area (Å²) >= 11 is 0. The van der Waals surface area contributed by atoms with Gasteiger partial charge in [-0.25, -0.2) is 14.6 Å². The van der Waals surface area contributed by atoms with E-state index < -0.39 is 6.10 Å². The molecule has 0 bridgehead atoms. The molecule has 0 radical (unpaired) electrons. The van der Waals surface area contributed by atoms with Crippen molar-refractivity contribution in [1.29, 1.82) is 0 Å². The van der Waals surface area contributed by atoms with E-state index in [1.807, 2.05) is 65.3 Å². The zero-order chi connectivity index (χ0) is 17.2. The van der Waals surface area contributed by atoms with Crippen LogP contribution in [-0.2, 0) is 6.54 Å². The van der Waals surface area contributed by atoms with Crippen LogP contribution in [0, 0.1) is 0 Å². The van der Waals surface area contributed by atoms with Gasteiger partial charge in [0.25, 0.3) is 0 Å². The van der Waals surface area contributed by atoms with Crippen LogP contribution < -0.4 is 0 Å². The molecule has 2 N–H and O–H groups in total. The first-order valence-electron chi connectivity index (χ1n) is 7.99. The van der Waals surface area contributed by atoms with Gasteiger partial charge in [-0.1, -0.05) is 36.4 Å². The van der Waals surface area contributed by atoms with Crippen LogP contribution in [0.1, 0.15) is 17.5 Å². The molecule has 25 heavy (non-hydrogen) atoms. The number of pyridine rings is 1. The topological polar surface area (TPSA) is 88.5 Å². The molecule has 0 spiro atoms. The van der Waals surface area contributed by atoms with Gasteiger partial charge in [-0.3, -0.25) is 0 Å². The van der Waals surface area contributed by atoms with Gasteiger partial charge in [-0.15, -0.1) is 0 Å². The van der Waals surface area contributed by atoms with E-state index in [-0.39, 0.29) is 19.0 Å². The van der Waals surface area contributed by atoms with Gasteiger partial charge in [0.2, 0.25) is 0 Å². The molecule has 1 atom stereocenters. The predicted molar refractivity (Wildman–Crippen MR) is 91.8 cm³/mol. The first-order valence-corrected chi connectivity index (χ1v) is 7.99. The summed E-state index contributed by atoms with van der Waals surface area (Å²) in [5, 5.41) is 24.2. The van der Waals surface area contributed by atoms with Gasteiger partial charge in [0, 0.05) is 12.4 Å². The Labute approximate surface area is 143 Å². The summed E-state index contributed by atoms with van der Waals surface area (Å²) in [6.07, 6.45) is 2.82. The SMILES string of the molecule is OCCn1nc(C(O)c2ccccc2)nc1-c1cn2ccccc2n1. The van der Waals surface area contributed by atoms with Gasteiger partial charge in [0.1, 0.15) is 17.4 Å². The second kappa shape index (κ2) is 6.46. The van der Waals surface area contributed by atoms with Crippen LogP contribution in [-0.4, -0.2) is 41.0 Å². The van der Waals surface area contributed by atoms with Gasteiger partial charge in [0.05, 0.1) is 13.2 Å². The maximum Gasteiger partial charge on any atom is 0.184 e. The van der Waals surface area contributed by atoms with E-state index in [2.05, 4.69) is 15.1 Å². The third-order valence-corrected chi connectivity index (χ3v) is 3.95. The first-order chi connectivity index (χ1) is 12.3. The smallest absolute Gasteiger partial charge is 0.184 e. The van der Waals surface area contributed by atoms with Crippen molar-refractivity contribution in [3.05, 3.63) is 72.3 Å². The Morgan fingerprint density at radius 2 is 1.80 bits per heavy atom. The number of imidazole rings is 1. The predicted octanol–water partition coefficient (Wildman–Crippen LogP) is 1.67. The quantitative estimate of drug-likeness (QED) is 0.579. The highest BCUT2D eigenvalue weighted by molar-refractivity contribution is 5.56. The minimum atomic E-state index is -0.933. The van der Waals surface area contributed by atoms with E-state index in [0.717, 1.165) is 5.65 Å². The largest absolute Gasteiger partial charge is 0.394 e. The Balaban J connectivity index is 1.77. The molecule has 0 aliphatic heterocycles. The van der Waals surface area contributed by atoms with Crippen LogP contribution in [0.5, 0.6) is 0 Å². The lowest BCUT2D eigenvalue weighted by Gasteiger charge is -2.05. The number of hydrogen-bond donors (Lipinski definition) is 2. The van der Waals surface area contributed by atoms with E-state index >= 15 is 0 Å². The number of hydrogen-bond acceptors (Lipinski definition) is 5. The van der Waals surface area contributed by atoms with Gasteiger partial charge in [-0.05, 0) is 17.7 Å². The van der Waals surface area contributed by atoms with Gasteiger partial charge in [-0.2, -0.15) is 5.10 Å². The number of rotatable bonds is 5. The highest BCUT2D eigenvalue weighted by atomic mass is 16.3. The Morgan fingerprint density at radius 1 is 1.00 bits per heavy atom. The molecule has 126 valence electrons. The minimum Gasteiger partial charge on any atom is -0.394 e. The minimum absolute atomic E-state index is 0.0788. The van der Waals surface area contributed by atoms with Crippen LogP contribution in [0.3, 0.4) is 0 Å². The van der Waals surface area contributed by atoms with Crippen molar-refractivity contribution in [2.75, 3.05) is 6.61 Å². The molecular weight excluding hydrogens is 318 g/mol. The Morgan fingerprint density at radius 3 is 2.56 bits per heavy atom. The van der Waals surface area contributed by atoms with E-state index in [1.165, 1.54) is 0 Å². The van der Waals surface area contributed by atoms with Crippen LogP contribution >= 0.6 is 0 Å². The molecule has 7 nitrogen and oxygen atoms in total. The molecule has 0 saturated carbocycles. The summed E-state index contributed by atoms with van der Waals surface area (Å²) in [6.45, 7) is 0.197. The zero-order valence-electron chi connectivity index (χ0n) is 13.4. The number of fused-ring (bicyclic) bond motifs is 1. The monoisotopic (exact) mass is 335 g/mol. The van der Waals surface area contributed by atoms with Crippen molar-refractivity contribution in [3.63, 3.8) is 0 Å². The lowest BCUT2D eigenvalue weighted by molar-refractivity contribution is 0.208. The van der Waals surface area contributed by atoms with Crippen molar-refractivity contribution in [3.8, 4) is 11.5 Å². The first kappa shape index (κ1) is 15.5. The Kier molecular flexibility index (Phi) is 4.01. The van der Waals surface area contributed by atoms with Gasteiger partial charge in [0.15, 0.2) is 11.6 Å². The molecule has 0 amide bonds. The molecule has 0 saturated heterocycles. The van der Waals surface area contributed by atoms with E-state index in [1.54, 1.807) is 4.68 Å². The summed E-state index contributed by atoms with van der Waals surface area (Å²) in [5.74, 6) is 0.800. The standard InChI is InChI=1S/C18H17N5O2/c24-11-10-23-18(14-12-22-9-5-4-8-15(22)19-14)20-17(21-23)16(25)13-6-2-1-3-7-13/h1-9,12,16,24-25H,10-11H2. The number of aliphatic hydroxyl groups is 2. The number of benzene rings is 1. The lowest BCUT2D eigenvalue weighted by Crippen LogP contribution is -2.07. The van der Waals surface area contributed by atoms with Crippen LogP contribution in [0.15, 0.2) is 60.9 Å². The van der Waals surface area contributed by atoms with Gasteiger partial charge >= 0.3 is 0 Å². The molecule has 4 rings (SSSR count). The lowest BCUT2D eigenvalue weighted by atomic mass is 10.1. The van der Waals surface area contributed by atoms with Crippen molar-refractivity contribution >= 4 is 5.65 Å². The molecule has 1 unspecified atom stereocenters. The van der Waals surface area contributed by atoms with Crippen molar-refractivity contribution in [1.82, 2.24) is 24.1 Å². The molecule has 4 aromatic rings. The van der Waals surface area contributed by atoms with Crippen molar-refractivity contribution < 1.29 is 10.2 Å². The van der Waals surface area contributed by atoms with Crippen LogP contribution in [0.4, 0.5) is 0 Å². The highest BCUT2D eigenvalue weighted by Gasteiger charge is 2.20. The Hall–Kier alpha value is -3.03. The van der Waals surface area contributed by atoms with Crippen molar-refractivity contribution in [2.45, 2.75) is 12.6 Å². The number of aromatic nitrogens is 5. The summed E-state index contributed by atoms with van der Waals surface area (Å²) in [6, 6.07) is 15.0. The highest BCUT2D eigenvalue weighted by Crippen LogP contribution is 2.23. The zero-order valence-corrected chi connectivity index (χ0v) is 13.4. The number of aliphatic hydroxyl groups excluding tert-OH is 2. The molecule has 0 aliphatic carbocycles. The summed E-state index contributed by atoms with van der Waals surface area (Å²) in [7, 11) is 0. The third-order valence-electron chi connectivity index (χ3n) is 3.95. The fraction of sp³-hybridized carbons (Fsp3) is 0.167. The molecule has 7 heteroatoms. The fourth-order valence-corrected chi connectivity index (χ4v) is 2.74. The normalized spacial score (nSPS) is 12.6. The fourth-order valence-electron chi connectivity index (χ4n) is 2.74. The average molecular weight is 335 g/mol. The molecule has 1 aromatic carbocycles. The number of nitrogens with zero attached hydrogens (tertiary/aromatic N) is 5. The maximum atomic E-state index is 10.6. The van der Waals surface area contributed by atoms with E-state index in [4.69, 9.17) is 0 Å². The van der Waals surface area contributed by atoms with Crippen molar-refractivity contribution in [2.24, 2.45) is 0 Å². The van der Waals surface area contributed by atoms with E-state index in [0.29, 0.717) is 17.1 Å². The molecule has 3 heterocycles. The molecular formula is C18H17N5O2. The average Bonchev–Trinajstić information content (AvgIpc) is 3.26. The summed E-state index contributed by atoms with van der Waals surface area (Å²) in [5.41, 5.74) is 2.14. The van der Waals surface area contributed by atoms with Crippen LogP contribution in [0.2, 0.25) is 0 Å². The maximum absolute atomic E-state index is 10.6.